The van der Waals surface area contributed by atoms with Crippen LogP contribution in [0.5, 0.6) is 0 Å². The van der Waals surface area contributed by atoms with Crippen LogP contribution in [0.4, 0.5) is 0 Å². The van der Waals surface area contributed by atoms with Crippen LogP contribution in [0.3, 0.4) is 0 Å². The Balaban J connectivity index is 1.51. The molecule has 18 heavy (non-hydrogen) atoms. The van der Waals surface area contributed by atoms with E-state index in [9.17, 15) is 0 Å². The molecular weight excluding hydrogens is 228 g/mol. The number of hydrogen-bond donors (Lipinski definition) is 1. The smallest absolute Gasteiger partial charge is 0.110 e. The molecule has 1 fully saturated rings. The molecule has 1 N–H and O–H groups in total. The Morgan fingerprint density at radius 1 is 1.44 bits per heavy atom. The first-order valence-electron chi connectivity index (χ1n) is 6.40. The van der Waals surface area contributed by atoms with Gasteiger partial charge in [0.25, 0.3) is 0 Å². The summed E-state index contributed by atoms with van der Waals surface area (Å²) in [6, 6.07) is 0.711. The van der Waals surface area contributed by atoms with Gasteiger partial charge < -0.3 is 9.88 Å². The van der Waals surface area contributed by atoms with Gasteiger partial charge in [0.2, 0.25) is 0 Å². The van der Waals surface area contributed by atoms with Crippen LogP contribution in [0.2, 0.25) is 0 Å². The number of aryl methyl sites for hydroxylation is 3. The second-order valence-electron chi connectivity index (χ2n) is 4.83. The SMILES string of the molecule is Cn1ccnc1CCn1cc(CNC2CC2)nn1. The average Bonchev–Trinajstić information content (AvgIpc) is 2.94. The van der Waals surface area contributed by atoms with Crippen LogP contribution in [0.25, 0.3) is 0 Å². The van der Waals surface area contributed by atoms with E-state index in [1.165, 1.54) is 12.8 Å². The molecule has 0 amide bonds. The minimum Gasteiger partial charge on any atom is -0.338 e. The quantitative estimate of drug-likeness (QED) is 0.806. The lowest BCUT2D eigenvalue weighted by Crippen LogP contribution is -2.15. The lowest BCUT2D eigenvalue weighted by molar-refractivity contribution is 0.569. The van der Waals surface area contributed by atoms with E-state index in [-0.39, 0.29) is 0 Å². The molecule has 1 aliphatic carbocycles. The summed E-state index contributed by atoms with van der Waals surface area (Å²) in [6.07, 6.45) is 9.27. The zero-order valence-corrected chi connectivity index (χ0v) is 10.6. The van der Waals surface area contributed by atoms with Crippen LogP contribution in [0.15, 0.2) is 18.6 Å². The van der Waals surface area contributed by atoms with E-state index in [1.807, 2.05) is 34.9 Å². The zero-order valence-electron chi connectivity index (χ0n) is 10.6. The fraction of sp³-hybridized carbons (Fsp3) is 0.583. The number of nitrogens with one attached hydrogen (secondary N) is 1. The first-order chi connectivity index (χ1) is 8.81. The van der Waals surface area contributed by atoms with E-state index in [1.54, 1.807) is 0 Å². The maximum atomic E-state index is 4.29. The summed E-state index contributed by atoms with van der Waals surface area (Å²) in [5.41, 5.74) is 1.02. The Bertz CT molecular complexity index is 510. The van der Waals surface area contributed by atoms with Gasteiger partial charge in [0.1, 0.15) is 5.82 Å². The molecule has 0 saturated heterocycles. The molecule has 6 heteroatoms. The fourth-order valence-corrected chi connectivity index (χ4v) is 1.92. The highest BCUT2D eigenvalue weighted by atomic mass is 15.4. The monoisotopic (exact) mass is 246 g/mol. The van der Waals surface area contributed by atoms with Crippen molar-refractivity contribution in [2.75, 3.05) is 0 Å². The van der Waals surface area contributed by atoms with Crippen LogP contribution in [0.1, 0.15) is 24.4 Å². The van der Waals surface area contributed by atoms with E-state index in [2.05, 4.69) is 20.6 Å². The highest BCUT2D eigenvalue weighted by Crippen LogP contribution is 2.18. The van der Waals surface area contributed by atoms with Gasteiger partial charge in [-0.2, -0.15) is 0 Å². The summed E-state index contributed by atoms with van der Waals surface area (Å²) in [6.45, 7) is 1.65. The summed E-state index contributed by atoms with van der Waals surface area (Å²) in [7, 11) is 2.01. The maximum absolute atomic E-state index is 4.29. The molecule has 3 rings (SSSR count). The van der Waals surface area contributed by atoms with Crippen molar-refractivity contribution in [2.24, 2.45) is 7.05 Å². The van der Waals surface area contributed by atoms with Gasteiger partial charge in [0, 0.05) is 51.2 Å². The Kier molecular flexibility index (Phi) is 3.10. The van der Waals surface area contributed by atoms with Gasteiger partial charge in [0.15, 0.2) is 0 Å². The lowest BCUT2D eigenvalue weighted by atomic mass is 10.4. The van der Waals surface area contributed by atoms with E-state index < -0.39 is 0 Å². The highest BCUT2D eigenvalue weighted by molar-refractivity contribution is 4.95. The van der Waals surface area contributed by atoms with Gasteiger partial charge in [-0.15, -0.1) is 5.10 Å². The maximum Gasteiger partial charge on any atom is 0.110 e. The first kappa shape index (κ1) is 11.4. The molecule has 1 aliphatic rings. The molecule has 2 heterocycles. The topological polar surface area (TPSA) is 60.6 Å². The van der Waals surface area contributed by atoms with Crippen molar-refractivity contribution in [3.8, 4) is 0 Å². The van der Waals surface area contributed by atoms with Crippen LogP contribution in [0, 0.1) is 0 Å². The molecule has 1 saturated carbocycles. The van der Waals surface area contributed by atoms with Crippen molar-refractivity contribution < 1.29 is 0 Å². The first-order valence-corrected chi connectivity index (χ1v) is 6.40. The minimum absolute atomic E-state index is 0.711. The van der Waals surface area contributed by atoms with Crippen LogP contribution < -0.4 is 5.32 Å². The van der Waals surface area contributed by atoms with E-state index in [0.29, 0.717) is 6.04 Å². The molecule has 6 nitrogen and oxygen atoms in total. The Morgan fingerprint density at radius 3 is 3.06 bits per heavy atom. The Labute approximate surface area is 106 Å². The second kappa shape index (κ2) is 4.89. The van der Waals surface area contributed by atoms with Crippen molar-refractivity contribution in [3.05, 3.63) is 30.1 Å². The van der Waals surface area contributed by atoms with Crippen molar-refractivity contribution >= 4 is 0 Å². The third-order valence-corrected chi connectivity index (χ3v) is 3.22. The summed E-state index contributed by atoms with van der Waals surface area (Å²) in [4.78, 5) is 4.29. The van der Waals surface area contributed by atoms with Gasteiger partial charge in [0.05, 0.1) is 5.69 Å². The van der Waals surface area contributed by atoms with Gasteiger partial charge in [-0.25, -0.2) is 4.98 Å². The normalized spacial score (nSPS) is 15.2. The predicted octanol–water partition coefficient (Wildman–Crippen LogP) is 0.506. The van der Waals surface area contributed by atoms with Crippen molar-refractivity contribution in [3.63, 3.8) is 0 Å². The van der Waals surface area contributed by atoms with Gasteiger partial charge in [-0.1, -0.05) is 5.21 Å². The fourth-order valence-electron chi connectivity index (χ4n) is 1.92. The average molecular weight is 246 g/mol. The molecule has 96 valence electrons. The molecule has 0 unspecified atom stereocenters. The van der Waals surface area contributed by atoms with Crippen molar-refractivity contribution in [1.29, 1.82) is 0 Å². The van der Waals surface area contributed by atoms with Crippen LogP contribution in [-0.4, -0.2) is 30.6 Å². The Morgan fingerprint density at radius 2 is 2.33 bits per heavy atom. The molecule has 0 radical (unpaired) electrons. The number of nitrogens with zero attached hydrogens (tertiary/aromatic N) is 5. The second-order valence-corrected chi connectivity index (χ2v) is 4.83. The molecule has 0 bridgehead atoms. The summed E-state index contributed by atoms with van der Waals surface area (Å²) >= 11 is 0. The summed E-state index contributed by atoms with van der Waals surface area (Å²) < 4.78 is 3.92. The number of rotatable bonds is 6. The van der Waals surface area contributed by atoms with Crippen LogP contribution in [-0.2, 0) is 26.6 Å². The largest absolute Gasteiger partial charge is 0.338 e. The predicted molar refractivity (Wildman–Crippen MR) is 66.8 cm³/mol. The number of hydrogen-bond acceptors (Lipinski definition) is 4. The molecule has 0 aliphatic heterocycles. The number of imidazole rings is 1. The van der Waals surface area contributed by atoms with Gasteiger partial charge in [-0.05, 0) is 12.8 Å². The Hall–Kier alpha value is -1.69. The third kappa shape index (κ3) is 2.76. The molecule has 2 aromatic rings. The molecule has 0 aromatic carbocycles. The molecule has 0 atom stereocenters. The summed E-state index contributed by atoms with van der Waals surface area (Å²) in [5.74, 6) is 1.07. The number of aromatic nitrogens is 5. The van der Waals surface area contributed by atoms with E-state index in [4.69, 9.17) is 0 Å². The minimum atomic E-state index is 0.711. The third-order valence-electron chi connectivity index (χ3n) is 3.22. The molecule has 0 spiro atoms. The standard InChI is InChI=1S/C12H18N6/c1-17-7-5-13-12(17)4-6-18-9-11(15-16-18)8-14-10-2-3-10/h5,7,9-10,14H,2-4,6,8H2,1H3. The van der Waals surface area contributed by atoms with Crippen molar-refractivity contribution in [1.82, 2.24) is 29.9 Å². The van der Waals surface area contributed by atoms with Crippen molar-refractivity contribution in [2.45, 2.75) is 38.4 Å². The lowest BCUT2D eigenvalue weighted by Gasteiger charge is -2.01. The van der Waals surface area contributed by atoms with Gasteiger partial charge in [-0.3, -0.25) is 4.68 Å². The van der Waals surface area contributed by atoms with Crippen LogP contribution >= 0.6 is 0 Å². The highest BCUT2D eigenvalue weighted by Gasteiger charge is 2.20. The molecular formula is C12H18N6. The van der Waals surface area contributed by atoms with E-state index in [0.717, 1.165) is 31.0 Å². The van der Waals surface area contributed by atoms with Gasteiger partial charge >= 0.3 is 0 Å². The summed E-state index contributed by atoms with van der Waals surface area (Å²) in [5, 5.41) is 11.7. The zero-order chi connectivity index (χ0) is 12.4. The molecule has 2 aromatic heterocycles. The van der Waals surface area contributed by atoms with E-state index >= 15 is 0 Å².